The number of benzene rings is 3. The van der Waals surface area contributed by atoms with Crippen LogP contribution in [0.4, 0.5) is 4.39 Å². The molecule has 0 saturated carbocycles. The zero-order chi connectivity index (χ0) is 20.9. The van der Waals surface area contributed by atoms with Crippen LogP contribution in [0.25, 0.3) is 6.08 Å². The van der Waals surface area contributed by atoms with Gasteiger partial charge in [0.1, 0.15) is 23.9 Å². The van der Waals surface area contributed by atoms with Crippen molar-refractivity contribution in [2.24, 2.45) is 4.99 Å². The van der Waals surface area contributed by atoms with Gasteiger partial charge in [0.25, 0.3) is 0 Å². The highest BCUT2D eigenvalue weighted by atomic mass is 19.1. The zero-order valence-corrected chi connectivity index (χ0v) is 16.2. The standard InChI is InChI=1S/C24H18FNO4/c1-28-21-4-2-3-18(14-21)23-26-22(24(27)30-23)13-16-7-11-20(12-8-16)29-15-17-5-9-19(25)10-6-17/h2-14H,15H2,1H3. The van der Waals surface area contributed by atoms with Crippen LogP contribution in [0.15, 0.2) is 83.5 Å². The van der Waals surface area contributed by atoms with E-state index in [0.717, 1.165) is 11.1 Å². The van der Waals surface area contributed by atoms with Gasteiger partial charge in [-0.25, -0.2) is 14.2 Å². The van der Waals surface area contributed by atoms with Gasteiger partial charge >= 0.3 is 5.97 Å². The van der Waals surface area contributed by atoms with Crippen molar-refractivity contribution in [3.05, 3.63) is 101 Å². The molecule has 4 rings (SSSR count). The number of carbonyl (C=O) groups is 1. The average Bonchev–Trinajstić information content (AvgIpc) is 3.14. The molecule has 0 bridgehead atoms. The predicted octanol–water partition coefficient (Wildman–Crippen LogP) is 4.76. The van der Waals surface area contributed by atoms with Gasteiger partial charge in [-0.05, 0) is 59.7 Å². The molecule has 0 aromatic heterocycles. The van der Waals surface area contributed by atoms with Crippen LogP contribution in [-0.2, 0) is 16.1 Å². The summed E-state index contributed by atoms with van der Waals surface area (Å²) in [4.78, 5) is 16.5. The van der Waals surface area contributed by atoms with Gasteiger partial charge in [-0.2, -0.15) is 0 Å². The molecule has 0 aliphatic carbocycles. The van der Waals surface area contributed by atoms with Gasteiger partial charge in [0, 0.05) is 5.56 Å². The minimum absolute atomic E-state index is 0.216. The number of ether oxygens (including phenoxy) is 3. The number of cyclic esters (lactones) is 1. The lowest BCUT2D eigenvalue weighted by Crippen LogP contribution is -2.05. The van der Waals surface area contributed by atoms with Gasteiger partial charge in [0.2, 0.25) is 5.90 Å². The molecule has 1 aliphatic heterocycles. The van der Waals surface area contributed by atoms with Gasteiger partial charge in [0.05, 0.1) is 7.11 Å². The molecule has 6 heteroatoms. The van der Waals surface area contributed by atoms with Crippen LogP contribution in [0.2, 0.25) is 0 Å². The van der Waals surface area contributed by atoms with E-state index < -0.39 is 5.97 Å². The summed E-state index contributed by atoms with van der Waals surface area (Å²) in [6.45, 7) is 0.335. The largest absolute Gasteiger partial charge is 0.497 e. The van der Waals surface area contributed by atoms with Crippen molar-refractivity contribution in [2.45, 2.75) is 6.61 Å². The van der Waals surface area contributed by atoms with Crippen LogP contribution < -0.4 is 9.47 Å². The third kappa shape index (κ3) is 4.55. The second kappa shape index (κ2) is 8.61. The monoisotopic (exact) mass is 403 g/mol. The maximum atomic E-state index is 12.9. The maximum Gasteiger partial charge on any atom is 0.363 e. The number of methoxy groups -OCH3 is 1. The lowest BCUT2D eigenvalue weighted by atomic mass is 10.2. The van der Waals surface area contributed by atoms with Crippen LogP contribution in [0.5, 0.6) is 11.5 Å². The van der Waals surface area contributed by atoms with Gasteiger partial charge in [0.15, 0.2) is 5.70 Å². The quantitative estimate of drug-likeness (QED) is 0.440. The van der Waals surface area contributed by atoms with Crippen LogP contribution >= 0.6 is 0 Å². The lowest BCUT2D eigenvalue weighted by Gasteiger charge is -2.06. The zero-order valence-electron chi connectivity index (χ0n) is 16.2. The predicted molar refractivity (Wildman–Crippen MR) is 111 cm³/mol. The van der Waals surface area contributed by atoms with Crippen molar-refractivity contribution in [3.8, 4) is 11.5 Å². The summed E-state index contributed by atoms with van der Waals surface area (Å²) in [5.74, 6) is 0.767. The second-order valence-corrected chi connectivity index (χ2v) is 6.55. The average molecular weight is 403 g/mol. The summed E-state index contributed by atoms with van der Waals surface area (Å²) in [5.41, 5.74) is 2.53. The first kappa shape index (κ1) is 19.4. The highest BCUT2D eigenvalue weighted by molar-refractivity contribution is 6.12. The molecule has 0 amide bonds. The molecule has 0 unspecified atom stereocenters. The number of nitrogens with zero attached hydrogens (tertiary/aromatic N) is 1. The molecule has 0 N–H and O–H groups in total. The number of carbonyl (C=O) groups excluding carboxylic acids is 1. The van der Waals surface area contributed by atoms with Crippen molar-refractivity contribution in [1.82, 2.24) is 0 Å². The van der Waals surface area contributed by atoms with E-state index in [1.807, 2.05) is 12.1 Å². The molecule has 3 aromatic rings. The Morgan fingerprint density at radius 3 is 2.50 bits per heavy atom. The van der Waals surface area contributed by atoms with E-state index in [0.29, 0.717) is 23.7 Å². The van der Waals surface area contributed by atoms with Crippen molar-refractivity contribution < 1.29 is 23.4 Å². The number of rotatable bonds is 6. The third-order valence-corrected chi connectivity index (χ3v) is 4.44. The Kier molecular flexibility index (Phi) is 5.57. The van der Waals surface area contributed by atoms with E-state index in [4.69, 9.17) is 14.2 Å². The first-order valence-corrected chi connectivity index (χ1v) is 9.25. The molecule has 0 atom stereocenters. The van der Waals surface area contributed by atoms with Crippen molar-refractivity contribution in [2.75, 3.05) is 7.11 Å². The van der Waals surface area contributed by atoms with E-state index in [9.17, 15) is 9.18 Å². The molecule has 3 aromatic carbocycles. The molecule has 0 spiro atoms. The normalized spacial score (nSPS) is 14.4. The van der Waals surface area contributed by atoms with Gasteiger partial charge in [-0.15, -0.1) is 0 Å². The topological polar surface area (TPSA) is 57.1 Å². The third-order valence-electron chi connectivity index (χ3n) is 4.44. The number of aliphatic imine (C=N–C) groups is 1. The second-order valence-electron chi connectivity index (χ2n) is 6.55. The fraction of sp³-hybridized carbons (Fsp3) is 0.0833. The minimum Gasteiger partial charge on any atom is -0.497 e. The molecule has 1 heterocycles. The number of hydrogen-bond acceptors (Lipinski definition) is 5. The smallest absolute Gasteiger partial charge is 0.363 e. The first-order valence-electron chi connectivity index (χ1n) is 9.25. The molecule has 30 heavy (non-hydrogen) atoms. The summed E-state index contributed by atoms with van der Waals surface area (Å²) in [6, 6.07) is 20.5. The summed E-state index contributed by atoms with van der Waals surface area (Å²) in [7, 11) is 1.57. The molecule has 1 aliphatic rings. The molecule has 0 saturated heterocycles. The molecule has 150 valence electrons. The van der Waals surface area contributed by atoms with E-state index >= 15 is 0 Å². The highest BCUT2D eigenvalue weighted by Gasteiger charge is 2.24. The van der Waals surface area contributed by atoms with Crippen LogP contribution in [0.1, 0.15) is 16.7 Å². The number of halogens is 1. The number of esters is 1. The molecular weight excluding hydrogens is 385 g/mol. The maximum absolute atomic E-state index is 12.9. The summed E-state index contributed by atoms with van der Waals surface area (Å²) < 4.78 is 29.1. The van der Waals surface area contributed by atoms with E-state index in [1.54, 1.807) is 61.7 Å². The van der Waals surface area contributed by atoms with Crippen LogP contribution in [-0.4, -0.2) is 19.0 Å². The van der Waals surface area contributed by atoms with Gasteiger partial charge in [-0.3, -0.25) is 0 Å². The Bertz CT molecular complexity index is 1120. The van der Waals surface area contributed by atoms with Crippen LogP contribution in [0.3, 0.4) is 0 Å². The van der Waals surface area contributed by atoms with Crippen molar-refractivity contribution in [3.63, 3.8) is 0 Å². The van der Waals surface area contributed by atoms with Crippen LogP contribution in [0, 0.1) is 5.82 Å². The van der Waals surface area contributed by atoms with E-state index in [1.165, 1.54) is 12.1 Å². The molecule has 0 fully saturated rings. The Morgan fingerprint density at radius 2 is 1.77 bits per heavy atom. The minimum atomic E-state index is -0.510. The van der Waals surface area contributed by atoms with Crippen molar-refractivity contribution in [1.29, 1.82) is 0 Å². The fourth-order valence-electron chi connectivity index (χ4n) is 2.85. The van der Waals surface area contributed by atoms with Gasteiger partial charge < -0.3 is 14.2 Å². The first-order chi connectivity index (χ1) is 14.6. The van der Waals surface area contributed by atoms with E-state index in [2.05, 4.69) is 4.99 Å². The molecule has 0 radical (unpaired) electrons. The lowest BCUT2D eigenvalue weighted by molar-refractivity contribution is -0.129. The van der Waals surface area contributed by atoms with Gasteiger partial charge in [-0.1, -0.05) is 30.3 Å². The Hall–Kier alpha value is -3.93. The van der Waals surface area contributed by atoms with E-state index in [-0.39, 0.29) is 17.4 Å². The Balaban J connectivity index is 1.45. The molecule has 5 nitrogen and oxygen atoms in total. The number of hydrogen-bond donors (Lipinski definition) is 0. The highest BCUT2D eigenvalue weighted by Crippen LogP contribution is 2.22. The summed E-state index contributed by atoms with van der Waals surface area (Å²) >= 11 is 0. The Morgan fingerprint density at radius 1 is 1.00 bits per heavy atom. The SMILES string of the molecule is COc1cccc(C2=NC(=Cc3ccc(OCc4ccc(F)cc4)cc3)C(=O)O2)c1. The summed E-state index contributed by atoms with van der Waals surface area (Å²) in [6.07, 6.45) is 1.65. The van der Waals surface area contributed by atoms with Crippen molar-refractivity contribution >= 4 is 17.9 Å². The molecular formula is C24H18FNO4. The fourth-order valence-corrected chi connectivity index (χ4v) is 2.85. The Labute approximate surface area is 173 Å². The summed E-state index contributed by atoms with van der Waals surface area (Å²) in [5, 5.41) is 0.